The maximum Gasteiger partial charge on any atom is 0.241 e. The Morgan fingerprint density at radius 2 is 1.12 bits per heavy atom. The van der Waals surface area contributed by atoms with Crippen molar-refractivity contribution in [1.29, 1.82) is 0 Å². The van der Waals surface area contributed by atoms with E-state index >= 15 is 0 Å². The topological polar surface area (TPSA) is 43.1 Å². The van der Waals surface area contributed by atoms with Crippen molar-refractivity contribution in [3.8, 4) is 0 Å². The Balaban J connectivity index is 3.57. The highest BCUT2D eigenvalue weighted by molar-refractivity contribution is 5.85. The molecule has 2 nitrogen and oxygen atoms in total. The van der Waals surface area contributed by atoms with Gasteiger partial charge in [0.15, 0.2) is 0 Å². The molecule has 0 fully saturated rings. The van der Waals surface area contributed by atoms with Crippen LogP contribution < -0.4 is 5.73 Å². The van der Waals surface area contributed by atoms with Gasteiger partial charge in [-0.2, -0.15) is 0 Å². The molecule has 0 atom stereocenters. The van der Waals surface area contributed by atoms with Crippen LogP contribution in [0.1, 0.15) is 58.3 Å². The number of carbonyl (C=O) groups is 1. The molecule has 0 radical (unpaired) electrons. The predicted molar refractivity (Wildman–Crippen MR) is 107 cm³/mol. The molecule has 0 spiro atoms. The molecule has 24 heavy (non-hydrogen) atoms. The first-order valence-corrected chi connectivity index (χ1v) is 9.06. The van der Waals surface area contributed by atoms with E-state index in [1.54, 1.807) is 12.2 Å². The van der Waals surface area contributed by atoms with Gasteiger partial charge in [-0.05, 0) is 12.8 Å². The van der Waals surface area contributed by atoms with E-state index in [2.05, 4.69) is 25.2 Å². The molecule has 0 aromatic rings. The summed E-state index contributed by atoms with van der Waals surface area (Å²) in [6, 6.07) is 0. The van der Waals surface area contributed by atoms with Crippen LogP contribution in [0, 0.1) is 0 Å². The number of amides is 1. The van der Waals surface area contributed by atoms with Crippen LogP contribution >= 0.6 is 0 Å². The van der Waals surface area contributed by atoms with Crippen LogP contribution in [0.3, 0.4) is 0 Å². The summed E-state index contributed by atoms with van der Waals surface area (Å²) >= 11 is 0. The van der Waals surface area contributed by atoms with Crippen LogP contribution in [-0.4, -0.2) is 5.91 Å². The first-order chi connectivity index (χ1) is 11.8. The third kappa shape index (κ3) is 19.9. The fourth-order valence-corrected chi connectivity index (χ4v) is 2.06. The van der Waals surface area contributed by atoms with Gasteiger partial charge in [0.1, 0.15) is 0 Å². The van der Waals surface area contributed by atoms with Gasteiger partial charge in [-0.15, -0.1) is 0 Å². The molecule has 132 valence electrons. The lowest BCUT2D eigenvalue weighted by molar-refractivity contribution is -0.113. The van der Waals surface area contributed by atoms with Crippen molar-refractivity contribution in [1.82, 2.24) is 0 Å². The highest BCUT2D eigenvalue weighted by Gasteiger charge is 1.88. The van der Waals surface area contributed by atoms with Gasteiger partial charge < -0.3 is 5.73 Å². The number of allylic oxidation sites excluding steroid dienone is 11. The molecule has 2 N–H and O–H groups in total. The van der Waals surface area contributed by atoms with Crippen molar-refractivity contribution < 1.29 is 4.79 Å². The summed E-state index contributed by atoms with van der Waals surface area (Å²) < 4.78 is 0. The molecule has 0 aliphatic rings. The highest BCUT2D eigenvalue weighted by atomic mass is 16.1. The molecule has 0 saturated heterocycles. The number of rotatable bonds is 14. The summed E-state index contributed by atoms with van der Waals surface area (Å²) in [5.41, 5.74) is 4.97. The molecular weight excluding hydrogens is 294 g/mol. The Morgan fingerprint density at radius 1 is 0.667 bits per heavy atom. The molecule has 0 aliphatic carbocycles. The first kappa shape index (κ1) is 21.9. The van der Waals surface area contributed by atoms with E-state index in [0.717, 1.165) is 0 Å². The van der Waals surface area contributed by atoms with Crippen LogP contribution in [-0.2, 0) is 4.79 Å². The summed E-state index contributed by atoms with van der Waals surface area (Å²) in [6.45, 7) is 2.26. The molecule has 0 bridgehead atoms. The third-order valence-electron chi connectivity index (χ3n) is 3.37. The second kappa shape index (κ2) is 19.0. The molecule has 0 rings (SSSR count). The smallest absolute Gasteiger partial charge is 0.241 e. The van der Waals surface area contributed by atoms with Crippen molar-refractivity contribution in [2.75, 3.05) is 0 Å². The molecule has 2 heteroatoms. The quantitative estimate of drug-likeness (QED) is 0.239. The molecule has 0 aromatic heterocycles. The maximum absolute atomic E-state index is 10.4. The normalized spacial score (nSPS) is 13.0. The van der Waals surface area contributed by atoms with E-state index in [1.165, 1.54) is 57.4 Å². The number of hydrogen-bond acceptors (Lipinski definition) is 1. The van der Waals surface area contributed by atoms with Gasteiger partial charge in [0.05, 0.1) is 0 Å². The Morgan fingerprint density at radius 3 is 1.67 bits per heavy atom. The second-order valence-corrected chi connectivity index (χ2v) is 5.64. The van der Waals surface area contributed by atoms with Crippen LogP contribution in [0.25, 0.3) is 0 Å². The summed E-state index contributed by atoms with van der Waals surface area (Å²) in [6.07, 6.45) is 33.4. The molecule has 0 saturated carbocycles. The maximum atomic E-state index is 10.4. The zero-order valence-corrected chi connectivity index (χ0v) is 15.1. The van der Waals surface area contributed by atoms with Gasteiger partial charge in [0.2, 0.25) is 5.91 Å². The fraction of sp³-hybridized carbons (Fsp3) is 0.409. The average Bonchev–Trinajstić information content (AvgIpc) is 2.56. The highest BCUT2D eigenvalue weighted by Crippen LogP contribution is 2.08. The van der Waals surface area contributed by atoms with E-state index in [-0.39, 0.29) is 0 Å². The predicted octanol–water partition coefficient (Wildman–Crippen LogP) is 5.95. The Kier molecular flexibility index (Phi) is 17.3. The zero-order chi connectivity index (χ0) is 17.7. The number of primary amides is 1. The lowest BCUT2D eigenvalue weighted by Crippen LogP contribution is -2.04. The van der Waals surface area contributed by atoms with E-state index in [0.29, 0.717) is 0 Å². The molecule has 1 amide bonds. The van der Waals surface area contributed by atoms with Crippen LogP contribution in [0.2, 0.25) is 0 Å². The Bertz CT molecular complexity index is 464. The monoisotopic (exact) mass is 327 g/mol. The first-order valence-electron chi connectivity index (χ1n) is 9.06. The molecule has 0 unspecified atom stereocenters. The number of hydrogen-bond donors (Lipinski definition) is 1. The molecule has 0 heterocycles. The van der Waals surface area contributed by atoms with Gasteiger partial charge in [0, 0.05) is 6.08 Å². The summed E-state index contributed by atoms with van der Waals surface area (Å²) in [4.78, 5) is 10.4. The van der Waals surface area contributed by atoms with E-state index in [1.807, 2.05) is 36.5 Å². The lowest BCUT2D eigenvalue weighted by Gasteiger charge is -1.98. The van der Waals surface area contributed by atoms with E-state index in [4.69, 9.17) is 5.73 Å². The Labute approximate surface area is 148 Å². The number of unbranched alkanes of at least 4 members (excludes halogenated alkanes) is 7. The van der Waals surface area contributed by atoms with Crippen LogP contribution in [0.4, 0.5) is 0 Å². The zero-order valence-electron chi connectivity index (χ0n) is 15.1. The molecule has 0 aromatic carbocycles. The van der Waals surface area contributed by atoms with Crippen molar-refractivity contribution in [3.63, 3.8) is 0 Å². The second-order valence-electron chi connectivity index (χ2n) is 5.64. The summed E-state index contributed by atoms with van der Waals surface area (Å²) in [5.74, 6) is -0.436. The third-order valence-corrected chi connectivity index (χ3v) is 3.37. The fourth-order valence-electron chi connectivity index (χ4n) is 2.06. The van der Waals surface area contributed by atoms with Gasteiger partial charge >= 0.3 is 0 Å². The summed E-state index contributed by atoms with van der Waals surface area (Å²) in [7, 11) is 0. The van der Waals surface area contributed by atoms with Gasteiger partial charge in [-0.1, -0.05) is 112 Å². The minimum absolute atomic E-state index is 0.436. The lowest BCUT2D eigenvalue weighted by atomic mass is 10.1. The van der Waals surface area contributed by atoms with Crippen molar-refractivity contribution in [3.05, 3.63) is 72.9 Å². The van der Waals surface area contributed by atoms with Crippen LogP contribution in [0.5, 0.6) is 0 Å². The largest absolute Gasteiger partial charge is 0.366 e. The SMILES string of the molecule is CCCCCCCCC\C=C/C=C\C=C/C=C\C=C/C=C\C(N)=O. The van der Waals surface area contributed by atoms with Crippen LogP contribution in [0.15, 0.2) is 72.9 Å². The van der Waals surface area contributed by atoms with Crippen molar-refractivity contribution >= 4 is 5.91 Å². The van der Waals surface area contributed by atoms with Crippen molar-refractivity contribution in [2.24, 2.45) is 5.73 Å². The minimum Gasteiger partial charge on any atom is -0.366 e. The molecule has 0 aliphatic heterocycles. The van der Waals surface area contributed by atoms with E-state index < -0.39 is 5.91 Å². The standard InChI is InChI=1S/C22H33NO/c1-2-3-4-5-6-7-8-9-10-11-12-13-14-15-16-17-18-19-20-21-22(23)24/h10-21H,2-9H2,1H3,(H2,23,24)/b11-10-,13-12-,15-14-,17-16-,19-18-,21-20-. The number of carbonyl (C=O) groups excluding carboxylic acids is 1. The number of nitrogens with two attached hydrogens (primary N) is 1. The van der Waals surface area contributed by atoms with Crippen molar-refractivity contribution in [2.45, 2.75) is 58.3 Å². The average molecular weight is 328 g/mol. The van der Waals surface area contributed by atoms with Gasteiger partial charge in [-0.25, -0.2) is 0 Å². The van der Waals surface area contributed by atoms with E-state index in [9.17, 15) is 4.79 Å². The summed E-state index contributed by atoms with van der Waals surface area (Å²) in [5, 5.41) is 0. The molecular formula is C22H33NO. The van der Waals surface area contributed by atoms with Gasteiger partial charge in [-0.3, -0.25) is 4.79 Å². The minimum atomic E-state index is -0.436. The Hall–Kier alpha value is -2.09. The van der Waals surface area contributed by atoms with Gasteiger partial charge in [0.25, 0.3) is 0 Å².